The van der Waals surface area contributed by atoms with Gasteiger partial charge in [0.2, 0.25) is 21.8 Å². The van der Waals surface area contributed by atoms with Crippen LogP contribution in [0.5, 0.6) is 5.75 Å². The van der Waals surface area contributed by atoms with E-state index in [0.29, 0.717) is 18.0 Å². The first kappa shape index (κ1) is 27.2. The number of amides is 2. The number of aryl methyl sites for hydroxylation is 1. The molecule has 1 atom stereocenters. The van der Waals surface area contributed by atoms with Crippen molar-refractivity contribution in [2.45, 2.75) is 46.2 Å². The van der Waals surface area contributed by atoms with Crippen molar-refractivity contribution in [3.8, 4) is 5.75 Å². The summed E-state index contributed by atoms with van der Waals surface area (Å²) in [5.41, 5.74) is 2.13. The van der Waals surface area contributed by atoms with Crippen molar-refractivity contribution in [2.75, 3.05) is 30.8 Å². The third-order valence-corrected chi connectivity index (χ3v) is 6.63. The van der Waals surface area contributed by atoms with E-state index in [4.69, 9.17) is 4.74 Å². The monoisotopic (exact) mass is 489 g/mol. The van der Waals surface area contributed by atoms with Gasteiger partial charge in [-0.1, -0.05) is 43.2 Å². The number of rotatable bonds is 12. The van der Waals surface area contributed by atoms with Crippen LogP contribution in [-0.2, 0) is 26.2 Å². The number of carbonyl (C=O) groups is 2. The van der Waals surface area contributed by atoms with Gasteiger partial charge in [-0.3, -0.25) is 13.9 Å². The van der Waals surface area contributed by atoms with Crippen molar-refractivity contribution >= 4 is 27.5 Å². The second-order valence-corrected chi connectivity index (χ2v) is 10.2. The van der Waals surface area contributed by atoms with Crippen molar-refractivity contribution in [3.63, 3.8) is 0 Å². The number of nitrogens with zero attached hydrogens (tertiary/aromatic N) is 2. The Bertz CT molecular complexity index is 1070. The largest absolute Gasteiger partial charge is 0.497 e. The molecule has 9 heteroatoms. The predicted octanol–water partition coefficient (Wildman–Crippen LogP) is 3.10. The van der Waals surface area contributed by atoms with Crippen molar-refractivity contribution in [3.05, 3.63) is 59.7 Å². The fraction of sp³-hybridized carbons (Fsp3) is 0.440. The Labute approximate surface area is 202 Å². The number of unbranched alkanes of at least 4 members (excludes halogenated alkanes) is 1. The molecule has 0 bridgehead atoms. The van der Waals surface area contributed by atoms with E-state index < -0.39 is 28.5 Å². The van der Waals surface area contributed by atoms with Gasteiger partial charge < -0.3 is 15.0 Å². The van der Waals surface area contributed by atoms with Crippen LogP contribution >= 0.6 is 0 Å². The molecule has 0 saturated carbocycles. The summed E-state index contributed by atoms with van der Waals surface area (Å²) in [6.45, 7) is 5.80. The minimum atomic E-state index is -3.74. The van der Waals surface area contributed by atoms with Crippen LogP contribution in [0, 0.1) is 6.92 Å². The van der Waals surface area contributed by atoms with Crippen molar-refractivity contribution in [1.29, 1.82) is 0 Å². The lowest BCUT2D eigenvalue weighted by molar-refractivity contribution is -0.139. The van der Waals surface area contributed by atoms with Gasteiger partial charge in [0.1, 0.15) is 18.3 Å². The van der Waals surface area contributed by atoms with E-state index in [-0.39, 0.29) is 12.5 Å². The summed E-state index contributed by atoms with van der Waals surface area (Å²) in [6.07, 6.45) is 2.83. The van der Waals surface area contributed by atoms with E-state index in [9.17, 15) is 18.0 Å². The molecule has 0 aliphatic carbocycles. The van der Waals surface area contributed by atoms with Crippen LogP contribution < -0.4 is 14.4 Å². The zero-order valence-corrected chi connectivity index (χ0v) is 21.4. The van der Waals surface area contributed by atoms with Gasteiger partial charge in [-0.15, -0.1) is 0 Å². The maximum atomic E-state index is 13.5. The number of benzene rings is 2. The lowest BCUT2D eigenvalue weighted by Crippen LogP contribution is -2.51. The van der Waals surface area contributed by atoms with Gasteiger partial charge in [0.05, 0.1) is 19.1 Å². The molecule has 0 aromatic heterocycles. The van der Waals surface area contributed by atoms with Crippen LogP contribution in [0.4, 0.5) is 5.69 Å². The fourth-order valence-corrected chi connectivity index (χ4v) is 4.26. The Morgan fingerprint density at radius 3 is 2.38 bits per heavy atom. The molecular formula is C25H35N3O5S. The molecule has 0 saturated heterocycles. The minimum absolute atomic E-state index is 0.129. The molecule has 0 unspecified atom stereocenters. The third-order valence-electron chi connectivity index (χ3n) is 5.49. The first-order chi connectivity index (χ1) is 16.1. The van der Waals surface area contributed by atoms with Gasteiger partial charge in [0, 0.05) is 13.1 Å². The molecule has 0 aliphatic rings. The van der Waals surface area contributed by atoms with Crippen molar-refractivity contribution in [1.82, 2.24) is 10.2 Å². The quantitative estimate of drug-likeness (QED) is 0.462. The molecule has 34 heavy (non-hydrogen) atoms. The van der Waals surface area contributed by atoms with E-state index in [1.54, 1.807) is 56.5 Å². The average Bonchev–Trinajstić information content (AvgIpc) is 2.80. The highest BCUT2D eigenvalue weighted by atomic mass is 32.2. The summed E-state index contributed by atoms with van der Waals surface area (Å²) in [7, 11) is -2.19. The van der Waals surface area contributed by atoms with E-state index in [2.05, 4.69) is 5.32 Å². The zero-order chi connectivity index (χ0) is 25.3. The lowest BCUT2D eigenvalue weighted by Gasteiger charge is -2.31. The summed E-state index contributed by atoms with van der Waals surface area (Å²) in [4.78, 5) is 27.7. The zero-order valence-electron chi connectivity index (χ0n) is 20.6. The van der Waals surface area contributed by atoms with Crippen LogP contribution in [0.15, 0.2) is 48.5 Å². The van der Waals surface area contributed by atoms with Crippen LogP contribution in [0.25, 0.3) is 0 Å². The Hall–Kier alpha value is -3.07. The van der Waals surface area contributed by atoms with Gasteiger partial charge in [-0.2, -0.15) is 0 Å². The van der Waals surface area contributed by atoms with Crippen molar-refractivity contribution < 1.29 is 22.7 Å². The number of hydrogen-bond acceptors (Lipinski definition) is 5. The Kier molecular flexibility index (Phi) is 9.92. The summed E-state index contributed by atoms with van der Waals surface area (Å²) >= 11 is 0. The molecule has 2 amide bonds. The number of ether oxygens (including phenoxy) is 1. The predicted molar refractivity (Wildman–Crippen MR) is 134 cm³/mol. The standard InChI is InChI=1S/C25H35N3O5S/c1-6-7-15-26-25(30)20(3)27(17-21-9-8-10-23(16-21)33-4)24(29)18-28(34(5,31)32)22-13-11-19(2)12-14-22/h8-14,16,20H,6-7,15,17-18H2,1-5H3,(H,26,30)/t20-/m0/s1. The lowest BCUT2D eigenvalue weighted by atomic mass is 10.1. The highest BCUT2D eigenvalue weighted by Gasteiger charge is 2.30. The van der Waals surface area contributed by atoms with E-state index >= 15 is 0 Å². The molecule has 0 fully saturated rings. The summed E-state index contributed by atoms with van der Waals surface area (Å²) in [5.74, 6) is -0.139. The number of nitrogens with one attached hydrogen (secondary N) is 1. The van der Waals surface area contributed by atoms with E-state index in [1.165, 1.54) is 4.90 Å². The molecule has 2 rings (SSSR count). The molecule has 186 valence electrons. The average molecular weight is 490 g/mol. The molecule has 0 heterocycles. The maximum absolute atomic E-state index is 13.5. The highest BCUT2D eigenvalue weighted by molar-refractivity contribution is 7.92. The van der Waals surface area contributed by atoms with Gasteiger partial charge in [-0.25, -0.2) is 8.42 Å². The molecule has 2 aromatic carbocycles. The smallest absolute Gasteiger partial charge is 0.244 e. The molecule has 2 aromatic rings. The Morgan fingerprint density at radius 1 is 1.12 bits per heavy atom. The molecule has 0 radical (unpaired) electrons. The van der Waals surface area contributed by atoms with Gasteiger partial charge in [0.15, 0.2) is 0 Å². The number of methoxy groups -OCH3 is 1. The van der Waals surface area contributed by atoms with Crippen LogP contribution in [0.2, 0.25) is 0 Å². The normalized spacial score (nSPS) is 12.0. The van der Waals surface area contributed by atoms with Gasteiger partial charge in [-0.05, 0) is 50.1 Å². The van der Waals surface area contributed by atoms with E-state index in [1.807, 2.05) is 19.9 Å². The van der Waals surface area contributed by atoms with Crippen molar-refractivity contribution in [2.24, 2.45) is 0 Å². The summed E-state index contributed by atoms with van der Waals surface area (Å²) < 4.78 is 31.4. The Morgan fingerprint density at radius 2 is 1.79 bits per heavy atom. The van der Waals surface area contributed by atoms with Gasteiger partial charge in [0.25, 0.3) is 0 Å². The second-order valence-electron chi connectivity index (χ2n) is 8.30. The minimum Gasteiger partial charge on any atom is -0.497 e. The topological polar surface area (TPSA) is 96.0 Å². The first-order valence-electron chi connectivity index (χ1n) is 11.3. The maximum Gasteiger partial charge on any atom is 0.244 e. The highest BCUT2D eigenvalue weighted by Crippen LogP contribution is 2.20. The third kappa shape index (κ3) is 7.76. The molecule has 1 N–H and O–H groups in total. The number of sulfonamides is 1. The van der Waals surface area contributed by atoms with Crippen LogP contribution in [-0.4, -0.2) is 57.6 Å². The SMILES string of the molecule is CCCCNC(=O)[C@H](C)N(Cc1cccc(OC)c1)C(=O)CN(c1ccc(C)cc1)S(C)(=O)=O. The molecular weight excluding hydrogens is 454 g/mol. The number of anilines is 1. The summed E-state index contributed by atoms with van der Waals surface area (Å²) in [6, 6.07) is 13.3. The molecule has 0 aliphatic heterocycles. The number of carbonyl (C=O) groups excluding carboxylic acids is 2. The second kappa shape index (κ2) is 12.4. The molecule has 0 spiro atoms. The summed E-state index contributed by atoms with van der Waals surface area (Å²) in [5, 5.41) is 2.86. The molecule has 8 nitrogen and oxygen atoms in total. The van der Waals surface area contributed by atoms with E-state index in [0.717, 1.165) is 34.5 Å². The number of hydrogen-bond donors (Lipinski definition) is 1. The first-order valence-corrected chi connectivity index (χ1v) is 13.2. The Balaban J connectivity index is 2.35. The van der Waals surface area contributed by atoms with Gasteiger partial charge >= 0.3 is 0 Å². The van der Waals surface area contributed by atoms with Crippen LogP contribution in [0.1, 0.15) is 37.8 Å². The fourth-order valence-electron chi connectivity index (χ4n) is 3.41. The van der Waals surface area contributed by atoms with Crippen LogP contribution in [0.3, 0.4) is 0 Å².